The monoisotopic (exact) mass is 185 g/mol. The maximum absolute atomic E-state index is 9.07. The van der Waals surface area contributed by atoms with Crippen LogP contribution in [-0.2, 0) is 0 Å². The minimum Gasteiger partial charge on any atom is -0.506 e. The highest BCUT2D eigenvalue weighted by molar-refractivity contribution is 8.03. The third-order valence-corrected chi connectivity index (χ3v) is 1.98. The molecule has 1 rings (SSSR count). The van der Waals surface area contributed by atoms with Crippen LogP contribution < -0.4 is 0 Å². The number of nitriles is 1. The first-order valence-corrected chi connectivity index (χ1v) is 3.98. The highest BCUT2D eigenvalue weighted by Crippen LogP contribution is 2.28. The van der Waals surface area contributed by atoms with Gasteiger partial charge in [-0.1, -0.05) is 11.6 Å². The van der Waals surface area contributed by atoms with Gasteiger partial charge in [0, 0.05) is 4.90 Å². The molecule has 0 heterocycles. The summed E-state index contributed by atoms with van der Waals surface area (Å²) >= 11 is 6.52. The molecule has 0 saturated heterocycles. The zero-order valence-corrected chi connectivity index (χ0v) is 6.99. The van der Waals surface area contributed by atoms with Crippen LogP contribution in [0, 0.1) is 10.7 Å². The van der Waals surface area contributed by atoms with Crippen molar-refractivity contribution in [3.05, 3.63) is 23.2 Å². The number of hydrogen-bond acceptors (Lipinski definition) is 3. The van der Waals surface area contributed by atoms with Crippen LogP contribution in [0.1, 0.15) is 0 Å². The minimum atomic E-state index is 0.00640. The molecule has 0 radical (unpaired) electrons. The van der Waals surface area contributed by atoms with E-state index in [1.807, 2.05) is 5.40 Å². The number of nitrogens with zero attached hydrogens (tertiary/aromatic N) is 1. The van der Waals surface area contributed by atoms with E-state index in [0.717, 1.165) is 11.8 Å². The van der Waals surface area contributed by atoms with E-state index in [2.05, 4.69) is 0 Å². The summed E-state index contributed by atoms with van der Waals surface area (Å²) in [5.41, 5.74) is 0. The zero-order valence-electron chi connectivity index (χ0n) is 5.41. The molecule has 4 heteroatoms. The molecule has 1 N–H and O–H groups in total. The lowest BCUT2D eigenvalue weighted by Crippen LogP contribution is -1.70. The third-order valence-electron chi connectivity index (χ3n) is 1.08. The molecule has 0 fully saturated rings. The molecule has 2 nitrogen and oxygen atoms in total. The number of phenols is 1. The predicted molar refractivity (Wildman–Crippen MR) is 44.6 cm³/mol. The molecule has 0 saturated carbocycles. The Balaban J connectivity index is 2.98. The number of hydrogen-bond donors (Lipinski definition) is 1. The van der Waals surface area contributed by atoms with Gasteiger partial charge in [-0.3, -0.25) is 0 Å². The summed E-state index contributed by atoms with van der Waals surface area (Å²) in [6, 6.07) is 4.68. The second kappa shape index (κ2) is 3.51. The van der Waals surface area contributed by atoms with E-state index >= 15 is 0 Å². The van der Waals surface area contributed by atoms with Gasteiger partial charge in [0.05, 0.1) is 5.02 Å². The molecule has 0 spiro atoms. The molecule has 0 unspecified atom stereocenters. The fourth-order valence-corrected chi connectivity index (χ4v) is 1.14. The lowest BCUT2D eigenvalue weighted by atomic mass is 10.3. The van der Waals surface area contributed by atoms with Crippen molar-refractivity contribution in [3.8, 4) is 11.2 Å². The summed E-state index contributed by atoms with van der Waals surface area (Å²) in [6.07, 6.45) is 0. The summed E-state index contributed by atoms with van der Waals surface area (Å²) in [4.78, 5) is 0.689. The largest absolute Gasteiger partial charge is 0.506 e. The molecular formula is C7H4ClNOS. The predicted octanol–water partition coefficient (Wildman–Crippen LogP) is 2.62. The van der Waals surface area contributed by atoms with E-state index in [4.69, 9.17) is 22.0 Å². The summed E-state index contributed by atoms with van der Waals surface area (Å²) in [6.45, 7) is 0. The van der Waals surface area contributed by atoms with E-state index in [1.54, 1.807) is 12.1 Å². The van der Waals surface area contributed by atoms with Gasteiger partial charge in [0.2, 0.25) is 0 Å². The molecule has 0 amide bonds. The van der Waals surface area contributed by atoms with Crippen LogP contribution in [0.25, 0.3) is 0 Å². The number of thiocyanates is 1. The maximum atomic E-state index is 9.07. The smallest absolute Gasteiger partial charge is 0.138 e. The van der Waals surface area contributed by atoms with Gasteiger partial charge in [-0.2, -0.15) is 5.26 Å². The number of aromatic hydroxyl groups is 1. The van der Waals surface area contributed by atoms with Gasteiger partial charge >= 0.3 is 0 Å². The Morgan fingerprint density at radius 2 is 2.27 bits per heavy atom. The van der Waals surface area contributed by atoms with Crippen LogP contribution in [0.3, 0.4) is 0 Å². The zero-order chi connectivity index (χ0) is 8.27. The van der Waals surface area contributed by atoms with Crippen molar-refractivity contribution in [2.75, 3.05) is 0 Å². The van der Waals surface area contributed by atoms with E-state index in [1.165, 1.54) is 6.07 Å². The Hall–Kier alpha value is -0.850. The first kappa shape index (κ1) is 8.25. The first-order valence-electron chi connectivity index (χ1n) is 2.78. The van der Waals surface area contributed by atoms with Gasteiger partial charge in [0.1, 0.15) is 11.2 Å². The second-order valence-corrected chi connectivity index (χ2v) is 3.07. The van der Waals surface area contributed by atoms with Gasteiger partial charge in [0.25, 0.3) is 0 Å². The Morgan fingerprint density at radius 1 is 1.55 bits per heavy atom. The number of halogens is 1. The van der Waals surface area contributed by atoms with E-state index in [0.29, 0.717) is 9.92 Å². The molecule has 0 atom stereocenters. The van der Waals surface area contributed by atoms with E-state index in [-0.39, 0.29) is 5.75 Å². The Bertz CT molecular complexity index is 308. The summed E-state index contributed by atoms with van der Waals surface area (Å²) in [5, 5.41) is 19.5. The van der Waals surface area contributed by atoms with Crippen LogP contribution in [-0.4, -0.2) is 5.11 Å². The Morgan fingerprint density at radius 3 is 2.82 bits per heavy atom. The molecule has 0 aliphatic rings. The van der Waals surface area contributed by atoms with Crippen LogP contribution in [0.5, 0.6) is 5.75 Å². The average Bonchev–Trinajstić information content (AvgIpc) is 1.98. The fourth-order valence-electron chi connectivity index (χ4n) is 0.609. The quantitative estimate of drug-likeness (QED) is 0.540. The van der Waals surface area contributed by atoms with Crippen molar-refractivity contribution < 1.29 is 5.11 Å². The molecule has 0 aromatic heterocycles. The second-order valence-electron chi connectivity index (χ2n) is 1.81. The lowest BCUT2D eigenvalue weighted by Gasteiger charge is -1.96. The third kappa shape index (κ3) is 2.04. The lowest BCUT2D eigenvalue weighted by molar-refractivity contribution is 0.474. The minimum absolute atomic E-state index is 0.00640. The Labute approximate surface area is 73.4 Å². The van der Waals surface area contributed by atoms with Crippen molar-refractivity contribution >= 4 is 23.4 Å². The first-order chi connectivity index (χ1) is 5.24. The summed E-state index contributed by atoms with van der Waals surface area (Å²) in [5.74, 6) is 0.00640. The fraction of sp³-hybridized carbons (Fsp3) is 0. The van der Waals surface area contributed by atoms with E-state index in [9.17, 15) is 0 Å². The van der Waals surface area contributed by atoms with Gasteiger partial charge in [-0.25, -0.2) is 0 Å². The highest BCUT2D eigenvalue weighted by atomic mass is 35.5. The highest BCUT2D eigenvalue weighted by Gasteiger charge is 1.98. The van der Waals surface area contributed by atoms with Crippen LogP contribution >= 0.6 is 23.4 Å². The van der Waals surface area contributed by atoms with Crippen LogP contribution in [0.15, 0.2) is 23.1 Å². The number of thioether (sulfide) groups is 1. The van der Waals surface area contributed by atoms with Crippen LogP contribution in [0.2, 0.25) is 5.02 Å². The molecular weight excluding hydrogens is 182 g/mol. The molecule has 56 valence electrons. The Kier molecular flexibility index (Phi) is 2.64. The van der Waals surface area contributed by atoms with Gasteiger partial charge in [-0.05, 0) is 30.0 Å². The van der Waals surface area contributed by atoms with Crippen molar-refractivity contribution in [2.45, 2.75) is 4.90 Å². The number of phenolic OH excluding ortho intramolecular Hbond substituents is 1. The van der Waals surface area contributed by atoms with Gasteiger partial charge in [0.15, 0.2) is 0 Å². The van der Waals surface area contributed by atoms with E-state index < -0.39 is 0 Å². The molecule has 11 heavy (non-hydrogen) atoms. The molecule has 0 aliphatic heterocycles. The summed E-state index contributed by atoms with van der Waals surface area (Å²) < 4.78 is 0. The van der Waals surface area contributed by atoms with Gasteiger partial charge in [-0.15, -0.1) is 0 Å². The van der Waals surface area contributed by atoms with Crippen molar-refractivity contribution in [3.63, 3.8) is 0 Å². The van der Waals surface area contributed by atoms with Crippen LogP contribution in [0.4, 0.5) is 0 Å². The maximum Gasteiger partial charge on any atom is 0.138 e. The molecule has 1 aromatic rings. The number of rotatable bonds is 1. The average molecular weight is 186 g/mol. The van der Waals surface area contributed by atoms with Crippen molar-refractivity contribution in [1.82, 2.24) is 0 Å². The molecule has 0 aliphatic carbocycles. The summed E-state index contributed by atoms with van der Waals surface area (Å²) in [7, 11) is 0. The standard InChI is InChI=1S/C7H4ClNOS/c8-6-2-1-5(11-4-9)3-7(6)10/h1-3,10H. The normalized spacial score (nSPS) is 9.09. The van der Waals surface area contributed by atoms with Gasteiger partial charge < -0.3 is 5.11 Å². The van der Waals surface area contributed by atoms with Crippen molar-refractivity contribution in [1.29, 1.82) is 5.26 Å². The molecule has 1 aromatic carbocycles. The van der Waals surface area contributed by atoms with Crippen molar-refractivity contribution in [2.24, 2.45) is 0 Å². The molecule has 0 bridgehead atoms. The SMILES string of the molecule is N#CSc1ccc(Cl)c(O)c1. The number of benzene rings is 1. The topological polar surface area (TPSA) is 44.0 Å².